The van der Waals surface area contributed by atoms with E-state index in [1.807, 2.05) is 38.1 Å². The zero-order valence-corrected chi connectivity index (χ0v) is 31.1. The highest BCUT2D eigenvalue weighted by molar-refractivity contribution is 7.27. The van der Waals surface area contributed by atoms with Crippen molar-refractivity contribution >= 4 is 42.6 Å². The molecule has 0 saturated carbocycles. The van der Waals surface area contributed by atoms with Crippen molar-refractivity contribution in [3.63, 3.8) is 0 Å². The summed E-state index contributed by atoms with van der Waals surface area (Å²) in [6, 6.07) is 11.5. The molecule has 3 atom stereocenters. The molecule has 11 heteroatoms. The maximum atomic E-state index is 13.7. The van der Waals surface area contributed by atoms with Crippen LogP contribution in [0.4, 0.5) is 17.3 Å². The Balaban J connectivity index is 0.00000123. The van der Waals surface area contributed by atoms with E-state index in [0.717, 1.165) is 65.0 Å². The van der Waals surface area contributed by atoms with Crippen LogP contribution in [0.1, 0.15) is 65.1 Å². The topological polar surface area (TPSA) is 107 Å². The Kier molecular flexibility index (Phi) is 12.0. The summed E-state index contributed by atoms with van der Waals surface area (Å²) in [7, 11) is 5.63. The number of hydrogen-bond acceptors (Lipinski definition) is 8. The Morgan fingerprint density at radius 3 is 2.33 bits per heavy atom. The third-order valence-corrected chi connectivity index (χ3v) is 8.64. The van der Waals surface area contributed by atoms with Crippen LogP contribution in [-0.4, -0.2) is 62.6 Å². The number of piperazine rings is 1. The van der Waals surface area contributed by atoms with E-state index in [9.17, 15) is 15.2 Å². The van der Waals surface area contributed by atoms with Crippen molar-refractivity contribution in [3.05, 3.63) is 82.5 Å². The second kappa shape index (κ2) is 15.6. The lowest BCUT2D eigenvalue weighted by Crippen LogP contribution is -2.50. The fourth-order valence-corrected chi connectivity index (χ4v) is 6.14. The molecular weight excluding hydrogens is 621 g/mol. The summed E-state index contributed by atoms with van der Waals surface area (Å²) >= 11 is 0. The number of rotatable bonds is 8. The molecule has 4 aromatic rings. The molecule has 2 aromatic heterocycles. The van der Waals surface area contributed by atoms with Crippen LogP contribution in [0.2, 0.25) is 0 Å². The fourth-order valence-electron chi connectivity index (χ4n) is 5.89. The van der Waals surface area contributed by atoms with E-state index in [1.54, 1.807) is 30.1 Å². The van der Waals surface area contributed by atoms with Crippen molar-refractivity contribution in [1.29, 1.82) is 0 Å². The quantitative estimate of drug-likeness (QED) is 0.107. The molecule has 10 nitrogen and oxygen atoms in total. The van der Waals surface area contributed by atoms with Crippen LogP contribution in [0.5, 0.6) is 0 Å². The maximum absolute atomic E-state index is 13.7. The van der Waals surface area contributed by atoms with E-state index in [-0.39, 0.29) is 11.6 Å². The molecule has 0 aliphatic carbocycles. The SMILES string of the molecule is CC(C)C.CC/C=C\N1CCN(c2ncc(-c3cc4c([C@@H](C)Nc5ccc(P)cc5[N+](C)(O)O)cc(C)cc4c(=O)n3C)cn2)CC1C. The van der Waals surface area contributed by atoms with Crippen molar-refractivity contribution in [2.45, 2.75) is 67.0 Å². The molecule has 3 N–H and O–H groups in total. The van der Waals surface area contributed by atoms with Gasteiger partial charge in [0.15, 0.2) is 0 Å². The lowest BCUT2D eigenvalue weighted by atomic mass is 9.96. The van der Waals surface area contributed by atoms with Crippen LogP contribution in [0, 0.1) is 12.8 Å². The van der Waals surface area contributed by atoms with Gasteiger partial charge in [-0.2, -0.15) is 10.4 Å². The average Bonchev–Trinajstić information content (AvgIpc) is 3.02. The molecule has 1 fully saturated rings. The molecule has 0 bridgehead atoms. The average molecular weight is 675 g/mol. The van der Waals surface area contributed by atoms with Crippen molar-refractivity contribution in [2.75, 3.05) is 36.9 Å². The second-order valence-corrected chi connectivity index (χ2v) is 14.3. The van der Waals surface area contributed by atoms with Gasteiger partial charge in [0, 0.05) is 68.2 Å². The van der Waals surface area contributed by atoms with E-state index >= 15 is 0 Å². The number of nitrogens with one attached hydrogen (secondary N) is 1. The van der Waals surface area contributed by atoms with Crippen LogP contribution < -0.4 is 25.9 Å². The van der Waals surface area contributed by atoms with Gasteiger partial charge in [-0.3, -0.25) is 4.79 Å². The van der Waals surface area contributed by atoms with Gasteiger partial charge in [0.2, 0.25) is 11.6 Å². The van der Waals surface area contributed by atoms with E-state index in [0.29, 0.717) is 28.8 Å². The predicted octanol–water partition coefficient (Wildman–Crippen LogP) is 6.79. The first-order valence-corrected chi connectivity index (χ1v) is 17.3. The second-order valence-electron chi connectivity index (χ2n) is 13.6. The van der Waals surface area contributed by atoms with Crippen molar-refractivity contribution < 1.29 is 10.4 Å². The number of nitrogens with zero attached hydrogens (tertiary/aromatic N) is 6. The molecule has 5 rings (SSSR count). The smallest absolute Gasteiger partial charge is 0.258 e. The summed E-state index contributed by atoms with van der Waals surface area (Å²) in [6.07, 6.45) is 8.98. The first-order valence-electron chi connectivity index (χ1n) is 16.7. The Hall–Kier alpha value is -3.82. The fraction of sp³-hybridized carbons (Fsp3) is 0.432. The molecule has 0 spiro atoms. The van der Waals surface area contributed by atoms with Crippen LogP contribution in [0.25, 0.3) is 22.0 Å². The van der Waals surface area contributed by atoms with Gasteiger partial charge in [0.1, 0.15) is 12.7 Å². The summed E-state index contributed by atoms with van der Waals surface area (Å²) in [5.41, 5.74) is 4.14. The molecular formula is C37H53N7O3P+. The monoisotopic (exact) mass is 674 g/mol. The van der Waals surface area contributed by atoms with Gasteiger partial charge in [-0.1, -0.05) is 45.9 Å². The standard InChI is InChI=1S/C33H43N7O3P.C4H10/c1-7-8-11-38-12-13-39(20-22(38)3)33-34-18-24(19-35-33)30-17-27-26(14-21(2)15-28(27)32(41)37(30)5)23(4)36-29-10-9-25(44)16-31(29)40(6,42)43;1-4(2)3/h8-11,14-19,22-23,36,42-43H,7,12-13,20,44H2,1-6H3;4H,1-3H3/q+1;/b11-8-;/t22?,23-;/m1./s1. The number of hydroxylamine groups is 2. The number of anilines is 2. The predicted molar refractivity (Wildman–Crippen MR) is 202 cm³/mol. The van der Waals surface area contributed by atoms with Gasteiger partial charge in [-0.15, -0.1) is 9.24 Å². The minimum absolute atomic E-state index is 0.105. The minimum atomic E-state index is -1.31. The molecule has 2 aromatic carbocycles. The summed E-state index contributed by atoms with van der Waals surface area (Å²) in [5.74, 6) is 1.52. The molecule has 3 heterocycles. The van der Waals surface area contributed by atoms with Gasteiger partial charge in [-0.25, -0.2) is 9.97 Å². The summed E-state index contributed by atoms with van der Waals surface area (Å²) in [4.78, 5) is 26.4. The zero-order chi connectivity index (χ0) is 35.3. The molecule has 2 unspecified atom stereocenters. The van der Waals surface area contributed by atoms with Crippen LogP contribution in [0.3, 0.4) is 0 Å². The van der Waals surface area contributed by atoms with Crippen molar-refractivity contribution in [1.82, 2.24) is 24.2 Å². The minimum Gasteiger partial charge on any atom is -0.373 e. The van der Waals surface area contributed by atoms with E-state index in [4.69, 9.17) is 9.97 Å². The Bertz CT molecular complexity index is 1800. The van der Waals surface area contributed by atoms with Gasteiger partial charge < -0.3 is 19.7 Å². The van der Waals surface area contributed by atoms with Crippen LogP contribution in [0.15, 0.2) is 65.9 Å². The lowest BCUT2D eigenvalue weighted by Gasteiger charge is -2.39. The van der Waals surface area contributed by atoms with Crippen LogP contribution in [-0.2, 0) is 7.05 Å². The number of pyridine rings is 1. The lowest BCUT2D eigenvalue weighted by molar-refractivity contribution is -0.271. The Morgan fingerprint density at radius 1 is 1.06 bits per heavy atom. The zero-order valence-electron chi connectivity index (χ0n) is 29.9. The third-order valence-electron chi connectivity index (χ3n) is 8.28. The van der Waals surface area contributed by atoms with Crippen LogP contribution >= 0.6 is 9.24 Å². The Labute approximate surface area is 287 Å². The molecule has 48 heavy (non-hydrogen) atoms. The van der Waals surface area contributed by atoms with Crippen molar-refractivity contribution in [3.8, 4) is 11.3 Å². The molecule has 1 aliphatic heterocycles. The number of fused-ring (bicyclic) bond motifs is 1. The molecule has 0 radical (unpaired) electrons. The molecule has 1 saturated heterocycles. The number of benzene rings is 2. The highest BCUT2D eigenvalue weighted by atomic mass is 31.0. The van der Waals surface area contributed by atoms with Gasteiger partial charge in [0.25, 0.3) is 5.56 Å². The normalized spacial score (nSPS) is 16.0. The summed E-state index contributed by atoms with van der Waals surface area (Å²) in [6.45, 7) is 17.4. The van der Waals surface area contributed by atoms with Gasteiger partial charge >= 0.3 is 0 Å². The highest BCUT2D eigenvalue weighted by Crippen LogP contribution is 2.34. The van der Waals surface area contributed by atoms with E-state index < -0.39 is 4.81 Å². The van der Waals surface area contributed by atoms with E-state index in [2.05, 4.69) is 77.3 Å². The van der Waals surface area contributed by atoms with Gasteiger partial charge in [0.05, 0.1) is 5.69 Å². The van der Waals surface area contributed by atoms with E-state index in [1.165, 1.54) is 7.05 Å². The third kappa shape index (κ3) is 8.80. The highest BCUT2D eigenvalue weighted by Gasteiger charge is 2.27. The first-order chi connectivity index (χ1) is 22.6. The number of aryl methyl sites for hydroxylation is 1. The largest absolute Gasteiger partial charge is 0.373 e. The maximum Gasteiger partial charge on any atom is 0.258 e. The first kappa shape index (κ1) is 37.0. The van der Waals surface area contributed by atoms with Crippen molar-refractivity contribution in [2.24, 2.45) is 13.0 Å². The molecule has 258 valence electrons. The Morgan fingerprint density at radius 2 is 1.73 bits per heavy atom. The summed E-state index contributed by atoms with van der Waals surface area (Å²) in [5, 5.41) is 26.4. The number of quaternary nitrogens is 1. The number of allylic oxidation sites excluding steroid dienone is 1. The summed E-state index contributed by atoms with van der Waals surface area (Å²) < 4.78 is 1.65. The molecule has 1 aliphatic rings. The van der Waals surface area contributed by atoms with Gasteiger partial charge in [-0.05, 0) is 84.1 Å². The number of aromatic nitrogens is 3. The number of hydrogen-bond donors (Lipinski definition) is 3. The molecule has 0 amide bonds.